The fraction of sp³-hybridized carbons (Fsp3) is 0.583. The minimum Gasteiger partial charge on any atom is -0.384 e. The van der Waals surface area contributed by atoms with Crippen molar-refractivity contribution >= 4 is 21.2 Å². The van der Waals surface area contributed by atoms with Crippen LogP contribution in [0.1, 0.15) is 13.3 Å². The van der Waals surface area contributed by atoms with Crippen molar-refractivity contribution in [3.05, 3.63) is 18.5 Å². The van der Waals surface area contributed by atoms with Gasteiger partial charge in [-0.05, 0) is 25.3 Å². The van der Waals surface area contributed by atoms with E-state index in [-0.39, 0.29) is 5.92 Å². The second kappa shape index (κ2) is 5.56. The Labute approximate surface area is 108 Å². The van der Waals surface area contributed by atoms with Crippen molar-refractivity contribution in [3.63, 3.8) is 0 Å². The molecule has 2 N–H and O–H groups in total. The van der Waals surface area contributed by atoms with Crippen LogP contribution in [0, 0.1) is 5.92 Å². The van der Waals surface area contributed by atoms with E-state index in [1.165, 1.54) is 0 Å². The lowest BCUT2D eigenvalue weighted by molar-refractivity contribution is 0.596. The third kappa shape index (κ3) is 3.60. The van der Waals surface area contributed by atoms with Crippen molar-refractivity contribution in [2.24, 2.45) is 5.92 Å². The van der Waals surface area contributed by atoms with Crippen LogP contribution in [0.15, 0.2) is 18.5 Å². The summed E-state index contributed by atoms with van der Waals surface area (Å²) in [5.74, 6) is 0.854. The molecule has 2 heterocycles. The molecule has 100 valence electrons. The normalized spacial score (nSPS) is 21.7. The lowest BCUT2D eigenvalue weighted by atomic mass is 10.1. The van der Waals surface area contributed by atoms with E-state index < -0.39 is 9.84 Å². The molecule has 0 aliphatic carbocycles. The molecular weight excluding hydrogens is 250 g/mol. The summed E-state index contributed by atoms with van der Waals surface area (Å²) < 4.78 is 22.7. The molecule has 1 aromatic heterocycles. The molecule has 1 fully saturated rings. The Morgan fingerprint density at radius 3 is 2.67 bits per heavy atom. The molecule has 1 atom stereocenters. The first kappa shape index (κ1) is 13.1. The van der Waals surface area contributed by atoms with Crippen molar-refractivity contribution in [2.45, 2.75) is 13.3 Å². The number of pyridine rings is 1. The van der Waals surface area contributed by atoms with Gasteiger partial charge in [-0.1, -0.05) is 0 Å². The zero-order valence-corrected chi connectivity index (χ0v) is 11.3. The Morgan fingerprint density at radius 2 is 2.06 bits per heavy atom. The lowest BCUT2D eigenvalue weighted by Gasteiger charge is -2.11. The van der Waals surface area contributed by atoms with Gasteiger partial charge in [-0.2, -0.15) is 0 Å². The van der Waals surface area contributed by atoms with Crippen LogP contribution in [0.5, 0.6) is 0 Å². The third-order valence-corrected chi connectivity index (χ3v) is 4.88. The zero-order chi connectivity index (χ0) is 13.0. The van der Waals surface area contributed by atoms with Gasteiger partial charge < -0.3 is 10.6 Å². The van der Waals surface area contributed by atoms with Crippen molar-refractivity contribution in [1.29, 1.82) is 0 Å². The number of hydrogen-bond acceptors (Lipinski definition) is 5. The summed E-state index contributed by atoms with van der Waals surface area (Å²) in [6.45, 7) is 3.58. The van der Waals surface area contributed by atoms with Crippen LogP contribution in [-0.2, 0) is 9.84 Å². The van der Waals surface area contributed by atoms with Crippen LogP contribution >= 0.6 is 0 Å². The Kier molecular flexibility index (Phi) is 4.06. The summed E-state index contributed by atoms with van der Waals surface area (Å²) in [6, 6.07) is 1.99. The molecule has 6 heteroatoms. The van der Waals surface area contributed by atoms with Gasteiger partial charge in [0.2, 0.25) is 0 Å². The number of nitrogens with zero attached hydrogens (tertiary/aromatic N) is 1. The highest BCUT2D eigenvalue weighted by molar-refractivity contribution is 7.91. The third-order valence-electron chi connectivity index (χ3n) is 3.04. The first-order chi connectivity index (χ1) is 8.59. The number of anilines is 2. The molecule has 2 rings (SSSR count). The van der Waals surface area contributed by atoms with E-state index in [0.29, 0.717) is 18.1 Å². The van der Waals surface area contributed by atoms with Crippen molar-refractivity contribution < 1.29 is 8.42 Å². The van der Waals surface area contributed by atoms with Gasteiger partial charge in [0.1, 0.15) is 0 Å². The topological polar surface area (TPSA) is 71.1 Å². The highest BCUT2D eigenvalue weighted by Crippen LogP contribution is 2.20. The van der Waals surface area contributed by atoms with Gasteiger partial charge in [0, 0.05) is 13.1 Å². The molecule has 5 nitrogen and oxygen atoms in total. The maximum atomic E-state index is 11.3. The molecular formula is C12H19N3O2S. The minimum absolute atomic E-state index is 0.220. The molecule has 1 aliphatic rings. The molecule has 1 aromatic rings. The maximum absolute atomic E-state index is 11.3. The number of rotatable bonds is 5. The van der Waals surface area contributed by atoms with Crippen LogP contribution in [0.3, 0.4) is 0 Å². The number of nitrogens with one attached hydrogen (secondary N) is 2. The summed E-state index contributed by atoms with van der Waals surface area (Å²) >= 11 is 0. The molecule has 0 aromatic carbocycles. The maximum Gasteiger partial charge on any atom is 0.150 e. The zero-order valence-electron chi connectivity index (χ0n) is 10.5. The van der Waals surface area contributed by atoms with Crippen LogP contribution < -0.4 is 10.6 Å². The average molecular weight is 269 g/mol. The highest BCUT2D eigenvalue weighted by Gasteiger charge is 2.27. The smallest absolute Gasteiger partial charge is 0.150 e. The van der Waals surface area contributed by atoms with Gasteiger partial charge >= 0.3 is 0 Å². The molecule has 0 radical (unpaired) electrons. The summed E-state index contributed by atoms with van der Waals surface area (Å²) in [4.78, 5) is 4.13. The summed E-state index contributed by atoms with van der Waals surface area (Å²) in [5, 5.41) is 6.45. The average Bonchev–Trinajstić information content (AvgIpc) is 2.68. The Hall–Kier alpha value is -1.30. The summed E-state index contributed by atoms with van der Waals surface area (Å²) in [6.07, 6.45) is 4.29. The molecule has 1 saturated heterocycles. The molecule has 0 saturated carbocycles. The lowest BCUT2D eigenvalue weighted by Crippen LogP contribution is -2.15. The van der Waals surface area contributed by atoms with E-state index in [4.69, 9.17) is 0 Å². The molecule has 1 aliphatic heterocycles. The minimum atomic E-state index is -2.78. The van der Waals surface area contributed by atoms with Crippen LogP contribution in [0.2, 0.25) is 0 Å². The van der Waals surface area contributed by atoms with Crippen LogP contribution in [-0.4, -0.2) is 38.0 Å². The van der Waals surface area contributed by atoms with Gasteiger partial charge in [0.15, 0.2) is 9.84 Å². The second-order valence-electron chi connectivity index (χ2n) is 4.64. The van der Waals surface area contributed by atoms with Crippen LogP contribution in [0.25, 0.3) is 0 Å². The number of aromatic nitrogens is 1. The Bertz CT molecular complexity index is 502. The number of hydrogen-bond donors (Lipinski definition) is 2. The van der Waals surface area contributed by atoms with Crippen molar-refractivity contribution in [1.82, 2.24) is 4.98 Å². The first-order valence-corrected chi connectivity index (χ1v) is 8.04. The van der Waals surface area contributed by atoms with Gasteiger partial charge in [-0.3, -0.25) is 4.98 Å². The van der Waals surface area contributed by atoms with Crippen LogP contribution in [0.4, 0.5) is 11.4 Å². The standard InChI is InChI=1S/C12H19N3O2S/c1-2-14-11-5-12(8-13-7-11)15-6-10-3-4-18(16,17)9-10/h5,7-8,10,14-15H,2-4,6,9H2,1H3. The number of sulfone groups is 1. The first-order valence-electron chi connectivity index (χ1n) is 6.22. The van der Waals surface area contributed by atoms with Gasteiger partial charge in [-0.25, -0.2) is 8.42 Å². The van der Waals surface area contributed by atoms with E-state index in [1.807, 2.05) is 13.0 Å². The van der Waals surface area contributed by atoms with E-state index in [0.717, 1.165) is 24.3 Å². The summed E-state index contributed by atoms with van der Waals surface area (Å²) in [7, 11) is -2.78. The second-order valence-corrected chi connectivity index (χ2v) is 6.87. The van der Waals surface area contributed by atoms with E-state index >= 15 is 0 Å². The van der Waals surface area contributed by atoms with E-state index in [1.54, 1.807) is 12.4 Å². The predicted octanol–water partition coefficient (Wildman–Crippen LogP) is 1.36. The predicted molar refractivity (Wildman–Crippen MR) is 73.7 cm³/mol. The van der Waals surface area contributed by atoms with Gasteiger partial charge in [0.25, 0.3) is 0 Å². The Balaban J connectivity index is 1.88. The van der Waals surface area contributed by atoms with Crippen molar-refractivity contribution in [3.8, 4) is 0 Å². The molecule has 0 spiro atoms. The molecule has 1 unspecified atom stereocenters. The quantitative estimate of drug-likeness (QED) is 0.844. The fourth-order valence-electron chi connectivity index (χ4n) is 2.13. The molecule has 18 heavy (non-hydrogen) atoms. The van der Waals surface area contributed by atoms with E-state index in [9.17, 15) is 8.42 Å². The fourth-order valence-corrected chi connectivity index (χ4v) is 3.99. The SMILES string of the molecule is CCNc1cncc(NCC2CCS(=O)(=O)C2)c1. The van der Waals surface area contributed by atoms with Gasteiger partial charge in [-0.15, -0.1) is 0 Å². The highest BCUT2D eigenvalue weighted by atomic mass is 32.2. The monoisotopic (exact) mass is 269 g/mol. The molecule has 0 bridgehead atoms. The van der Waals surface area contributed by atoms with Gasteiger partial charge in [0.05, 0.1) is 35.3 Å². The summed E-state index contributed by atoms with van der Waals surface area (Å²) in [5.41, 5.74) is 1.90. The Morgan fingerprint density at radius 1 is 1.33 bits per heavy atom. The van der Waals surface area contributed by atoms with Crippen molar-refractivity contribution in [2.75, 3.05) is 35.2 Å². The molecule has 0 amide bonds. The largest absolute Gasteiger partial charge is 0.384 e. The van der Waals surface area contributed by atoms with E-state index in [2.05, 4.69) is 15.6 Å².